The first-order chi connectivity index (χ1) is 11.7. The van der Waals surface area contributed by atoms with Crippen LogP contribution in [-0.2, 0) is 19.1 Å². The zero-order valence-electron chi connectivity index (χ0n) is 14.9. The number of carbonyl (C=O) groups excluding carboxylic acids is 2. The zero-order chi connectivity index (χ0) is 17.3. The molecule has 0 aromatic rings. The minimum Gasteiger partial charge on any atom is -0.469 e. The lowest BCUT2D eigenvalue weighted by molar-refractivity contribution is -0.146. The molecule has 0 atom stereocenters. The van der Waals surface area contributed by atoms with Crippen LogP contribution in [0.2, 0.25) is 0 Å². The third-order valence-corrected chi connectivity index (χ3v) is 4.93. The highest BCUT2D eigenvalue weighted by molar-refractivity contribution is 5.91. The van der Waals surface area contributed by atoms with Gasteiger partial charge in [0.05, 0.1) is 7.11 Å². The van der Waals surface area contributed by atoms with Gasteiger partial charge in [-0.05, 0) is 57.4 Å². The second kappa shape index (κ2) is 9.65. The molecule has 0 saturated heterocycles. The molecule has 4 nitrogen and oxygen atoms in total. The van der Waals surface area contributed by atoms with Crippen LogP contribution < -0.4 is 0 Å². The Kier molecular flexibility index (Phi) is 7.54. The Labute approximate surface area is 145 Å². The fraction of sp³-hybridized carbons (Fsp3) is 0.700. The van der Waals surface area contributed by atoms with Gasteiger partial charge in [-0.15, -0.1) is 0 Å². The van der Waals surface area contributed by atoms with Crippen molar-refractivity contribution in [2.45, 2.75) is 82.7 Å². The summed E-state index contributed by atoms with van der Waals surface area (Å²) in [4.78, 5) is 22.9. The van der Waals surface area contributed by atoms with Gasteiger partial charge in [0.2, 0.25) is 0 Å². The highest BCUT2D eigenvalue weighted by atomic mass is 16.6. The molecule has 24 heavy (non-hydrogen) atoms. The summed E-state index contributed by atoms with van der Waals surface area (Å²) in [6.07, 6.45) is 18.4. The first-order valence-electron chi connectivity index (χ1n) is 9.32. The molecule has 0 amide bonds. The monoisotopic (exact) mass is 334 g/mol. The Balaban J connectivity index is 1.52. The fourth-order valence-electron chi connectivity index (χ4n) is 3.51. The molecule has 0 radical (unpaired) electrons. The molecule has 0 bridgehead atoms. The van der Waals surface area contributed by atoms with E-state index in [0.717, 1.165) is 63.4 Å². The minimum atomic E-state index is -0.259. The van der Waals surface area contributed by atoms with Crippen molar-refractivity contribution in [3.63, 3.8) is 0 Å². The van der Waals surface area contributed by atoms with Crippen LogP contribution in [0.3, 0.4) is 0 Å². The van der Waals surface area contributed by atoms with Crippen molar-refractivity contribution in [2.24, 2.45) is 0 Å². The molecule has 1 aliphatic heterocycles. The number of allylic oxidation sites excluding steroid dienone is 2. The topological polar surface area (TPSA) is 52.6 Å². The Hall–Kier alpha value is -1.58. The van der Waals surface area contributed by atoms with Crippen molar-refractivity contribution < 1.29 is 19.1 Å². The molecule has 1 spiro atoms. The van der Waals surface area contributed by atoms with Gasteiger partial charge in [-0.1, -0.05) is 31.4 Å². The molecule has 1 heterocycles. The summed E-state index contributed by atoms with van der Waals surface area (Å²) in [6, 6.07) is 0. The summed E-state index contributed by atoms with van der Waals surface area (Å²) in [6.45, 7) is 0. The summed E-state index contributed by atoms with van der Waals surface area (Å²) in [5, 5.41) is 0. The molecule has 0 aromatic carbocycles. The second-order valence-electron chi connectivity index (χ2n) is 6.89. The predicted octanol–water partition coefficient (Wildman–Crippen LogP) is 4.63. The number of rotatable bonds is 10. The second-order valence-corrected chi connectivity index (χ2v) is 6.89. The Morgan fingerprint density at radius 3 is 2.62 bits per heavy atom. The van der Waals surface area contributed by atoms with Crippen LogP contribution in [-0.4, -0.2) is 24.6 Å². The molecule has 2 rings (SSSR count). The van der Waals surface area contributed by atoms with Crippen molar-refractivity contribution in [1.82, 2.24) is 0 Å². The molecule has 1 aliphatic carbocycles. The Morgan fingerprint density at radius 2 is 1.88 bits per heavy atom. The molecule has 1 fully saturated rings. The van der Waals surface area contributed by atoms with Crippen LogP contribution in [0.15, 0.2) is 23.8 Å². The predicted molar refractivity (Wildman–Crippen MR) is 93.5 cm³/mol. The third-order valence-electron chi connectivity index (χ3n) is 4.93. The number of unbranched alkanes of at least 4 members (excludes halogenated alkanes) is 5. The van der Waals surface area contributed by atoms with E-state index in [1.54, 1.807) is 0 Å². The normalized spacial score (nSPS) is 19.0. The molecule has 134 valence electrons. The number of hydrogen-bond donors (Lipinski definition) is 0. The van der Waals surface area contributed by atoms with Crippen LogP contribution in [0.25, 0.3) is 0 Å². The standard InChI is InChI=1S/C20H30O4/c1-23-18(21)13-9-7-5-3-2-4-6-8-12-17-16-20(24-19(17)22)14-10-11-15-20/h6,8,16H,2-5,7,9-15H2,1H3/b8-6+. The summed E-state index contributed by atoms with van der Waals surface area (Å²) >= 11 is 0. The molecular formula is C20H30O4. The molecular weight excluding hydrogens is 304 g/mol. The van der Waals surface area contributed by atoms with Crippen molar-refractivity contribution in [2.75, 3.05) is 7.11 Å². The lowest BCUT2D eigenvalue weighted by Crippen LogP contribution is -2.23. The maximum absolute atomic E-state index is 11.9. The van der Waals surface area contributed by atoms with Crippen LogP contribution >= 0.6 is 0 Å². The average Bonchev–Trinajstić information content (AvgIpc) is 3.15. The Bertz CT molecular complexity index is 484. The molecule has 2 aliphatic rings. The van der Waals surface area contributed by atoms with Crippen LogP contribution in [0.4, 0.5) is 0 Å². The quantitative estimate of drug-likeness (QED) is 0.332. The summed E-state index contributed by atoms with van der Waals surface area (Å²) < 4.78 is 10.2. The maximum atomic E-state index is 11.9. The first-order valence-corrected chi connectivity index (χ1v) is 9.32. The maximum Gasteiger partial charge on any atom is 0.335 e. The molecule has 0 unspecified atom stereocenters. The van der Waals surface area contributed by atoms with Gasteiger partial charge >= 0.3 is 11.9 Å². The van der Waals surface area contributed by atoms with E-state index >= 15 is 0 Å². The van der Waals surface area contributed by atoms with Crippen molar-refractivity contribution in [1.29, 1.82) is 0 Å². The number of hydrogen-bond acceptors (Lipinski definition) is 4. The molecule has 4 heteroatoms. The van der Waals surface area contributed by atoms with E-state index in [1.165, 1.54) is 13.5 Å². The molecule has 0 N–H and O–H groups in total. The summed E-state index contributed by atoms with van der Waals surface area (Å²) in [5.74, 6) is -0.232. The number of methoxy groups -OCH3 is 1. The van der Waals surface area contributed by atoms with Gasteiger partial charge in [0.1, 0.15) is 5.60 Å². The van der Waals surface area contributed by atoms with E-state index < -0.39 is 0 Å². The third kappa shape index (κ3) is 5.81. The smallest absolute Gasteiger partial charge is 0.335 e. The van der Waals surface area contributed by atoms with Crippen molar-refractivity contribution >= 4 is 11.9 Å². The van der Waals surface area contributed by atoms with Crippen LogP contribution in [0, 0.1) is 0 Å². The lowest BCUT2D eigenvalue weighted by Gasteiger charge is -2.18. The zero-order valence-corrected chi connectivity index (χ0v) is 14.9. The molecule has 0 aromatic heterocycles. The van der Waals surface area contributed by atoms with Crippen molar-refractivity contribution in [3.8, 4) is 0 Å². The van der Waals surface area contributed by atoms with E-state index in [1.807, 2.05) is 0 Å². The van der Waals surface area contributed by atoms with Crippen molar-refractivity contribution in [3.05, 3.63) is 23.8 Å². The van der Waals surface area contributed by atoms with Gasteiger partial charge in [-0.3, -0.25) is 4.79 Å². The number of ether oxygens (including phenoxy) is 2. The largest absolute Gasteiger partial charge is 0.469 e. The Morgan fingerprint density at radius 1 is 1.17 bits per heavy atom. The number of carbonyl (C=O) groups is 2. The van der Waals surface area contributed by atoms with Gasteiger partial charge in [-0.2, -0.15) is 0 Å². The van der Waals surface area contributed by atoms with E-state index in [4.69, 9.17) is 4.74 Å². The van der Waals surface area contributed by atoms with E-state index in [0.29, 0.717) is 12.8 Å². The average molecular weight is 334 g/mol. The highest BCUT2D eigenvalue weighted by Gasteiger charge is 2.41. The fourth-order valence-corrected chi connectivity index (χ4v) is 3.51. The van der Waals surface area contributed by atoms with Gasteiger partial charge in [0.25, 0.3) is 0 Å². The molecule has 1 saturated carbocycles. The number of esters is 2. The van der Waals surface area contributed by atoms with E-state index in [9.17, 15) is 9.59 Å². The van der Waals surface area contributed by atoms with E-state index in [2.05, 4.69) is 23.0 Å². The summed E-state index contributed by atoms with van der Waals surface area (Å²) in [7, 11) is 1.43. The van der Waals surface area contributed by atoms with Gasteiger partial charge in [0.15, 0.2) is 0 Å². The van der Waals surface area contributed by atoms with Crippen LogP contribution in [0.5, 0.6) is 0 Å². The van der Waals surface area contributed by atoms with Crippen LogP contribution in [0.1, 0.15) is 77.0 Å². The van der Waals surface area contributed by atoms with E-state index in [-0.39, 0.29) is 17.5 Å². The summed E-state index contributed by atoms with van der Waals surface area (Å²) in [5.41, 5.74) is 0.570. The van der Waals surface area contributed by atoms with Gasteiger partial charge in [0, 0.05) is 12.0 Å². The SMILES string of the molecule is COC(=O)CCCCCCC/C=C/CC1=CC2(CCCC2)OC1=O. The minimum absolute atomic E-state index is 0.114. The van der Waals surface area contributed by atoms with Gasteiger partial charge < -0.3 is 9.47 Å². The lowest BCUT2D eigenvalue weighted by atomic mass is 10.0. The highest BCUT2D eigenvalue weighted by Crippen LogP contribution is 2.40. The first kappa shape index (κ1) is 18.8. The van der Waals surface area contributed by atoms with Gasteiger partial charge in [-0.25, -0.2) is 4.79 Å².